The number of nitrogens with zero attached hydrogens (tertiary/aromatic N) is 3. The number of aryl methyl sites for hydroxylation is 1. The molecular weight excluding hydrogens is 366 g/mol. The molecule has 0 bridgehead atoms. The van der Waals surface area contributed by atoms with E-state index >= 15 is 0 Å². The minimum Gasteiger partial charge on any atom is -0.370 e. The van der Waals surface area contributed by atoms with Crippen molar-refractivity contribution >= 4 is 21.7 Å². The van der Waals surface area contributed by atoms with Crippen molar-refractivity contribution in [3.05, 3.63) is 47.4 Å². The fourth-order valence-corrected chi connectivity index (χ4v) is 3.55. The van der Waals surface area contributed by atoms with E-state index in [-0.39, 0.29) is 10.8 Å². The molecule has 0 saturated carbocycles. The number of benzene rings is 1. The smallest absolute Gasteiger partial charge is 0.272 e. The highest BCUT2D eigenvalue weighted by atomic mass is 32.2. The fraction of sp³-hybridized carbons (Fsp3) is 0.389. The first-order chi connectivity index (χ1) is 12.8. The van der Waals surface area contributed by atoms with Gasteiger partial charge in [0.15, 0.2) is 0 Å². The van der Waals surface area contributed by atoms with Crippen LogP contribution in [0.5, 0.6) is 0 Å². The van der Waals surface area contributed by atoms with Gasteiger partial charge in [0.25, 0.3) is 5.91 Å². The van der Waals surface area contributed by atoms with Crippen LogP contribution in [0.25, 0.3) is 0 Å². The van der Waals surface area contributed by atoms with Crippen LogP contribution in [-0.2, 0) is 16.4 Å². The maximum absolute atomic E-state index is 12.5. The topological polar surface area (TPSA) is 118 Å². The number of carbonyl (C=O) groups excluding carboxylic acids is 1. The van der Waals surface area contributed by atoms with Crippen LogP contribution >= 0.6 is 0 Å². The summed E-state index contributed by atoms with van der Waals surface area (Å²) in [7, 11) is -3.68. The number of carbonyl (C=O) groups is 1. The van der Waals surface area contributed by atoms with Gasteiger partial charge in [0.2, 0.25) is 10.0 Å². The number of hydrogen-bond donors (Lipinski definition) is 2. The lowest BCUT2D eigenvalue weighted by atomic mass is 10.1. The van der Waals surface area contributed by atoms with Crippen LogP contribution in [0.4, 0.5) is 5.82 Å². The summed E-state index contributed by atoms with van der Waals surface area (Å²) in [6.07, 6.45) is 2.74. The molecule has 0 unspecified atom stereocenters. The zero-order valence-corrected chi connectivity index (χ0v) is 16.0. The van der Waals surface area contributed by atoms with Crippen LogP contribution < -0.4 is 10.5 Å². The van der Waals surface area contributed by atoms with Gasteiger partial charge in [0.05, 0.1) is 4.90 Å². The second kappa shape index (κ2) is 8.01. The maximum atomic E-state index is 12.5. The van der Waals surface area contributed by atoms with Crippen molar-refractivity contribution in [1.82, 2.24) is 14.9 Å². The zero-order valence-electron chi connectivity index (χ0n) is 15.2. The Balaban J connectivity index is 1.61. The van der Waals surface area contributed by atoms with Crippen molar-refractivity contribution in [3.63, 3.8) is 0 Å². The Bertz CT molecular complexity index is 923. The molecule has 1 aliphatic heterocycles. The Morgan fingerprint density at radius 2 is 1.85 bits per heavy atom. The molecule has 0 atom stereocenters. The van der Waals surface area contributed by atoms with Gasteiger partial charge in [-0.1, -0.05) is 12.1 Å². The highest BCUT2D eigenvalue weighted by molar-refractivity contribution is 7.89. The molecule has 0 radical (unpaired) electrons. The van der Waals surface area contributed by atoms with E-state index in [2.05, 4.69) is 15.3 Å². The average Bonchev–Trinajstić information content (AvgIpc) is 3.15. The summed E-state index contributed by atoms with van der Waals surface area (Å²) in [6, 6.07) is 8.13. The van der Waals surface area contributed by atoms with E-state index in [1.54, 1.807) is 25.1 Å². The molecule has 1 amide bonds. The standard InChI is InChI=1S/C18H23N5O3S/c1-13-21-16(18(24)23-10-2-3-11-23)12-17(22-13)20-9-8-14-4-6-15(7-5-14)27(19,25)26/h4-7,12H,2-3,8-11H2,1H3,(H2,19,25,26)(H,20,21,22). The summed E-state index contributed by atoms with van der Waals surface area (Å²) >= 11 is 0. The minimum absolute atomic E-state index is 0.0559. The summed E-state index contributed by atoms with van der Waals surface area (Å²) < 4.78 is 22.6. The Kier molecular flexibility index (Phi) is 5.71. The SMILES string of the molecule is Cc1nc(NCCc2ccc(S(N)(=O)=O)cc2)cc(C(=O)N2CCCC2)n1. The number of hydrogen-bond acceptors (Lipinski definition) is 6. The van der Waals surface area contributed by atoms with Crippen LogP contribution in [0.15, 0.2) is 35.2 Å². The number of rotatable bonds is 6. The van der Waals surface area contributed by atoms with E-state index in [0.29, 0.717) is 30.3 Å². The van der Waals surface area contributed by atoms with Crippen LogP contribution in [-0.4, -0.2) is 48.8 Å². The highest BCUT2D eigenvalue weighted by Gasteiger charge is 2.21. The molecular formula is C18H23N5O3S. The summed E-state index contributed by atoms with van der Waals surface area (Å²) in [6.45, 7) is 3.90. The molecule has 3 rings (SSSR count). The summed E-state index contributed by atoms with van der Waals surface area (Å²) in [5.74, 6) is 1.09. The predicted octanol–water partition coefficient (Wildman–Crippen LogP) is 1.32. The van der Waals surface area contributed by atoms with Crippen molar-refractivity contribution in [2.75, 3.05) is 25.0 Å². The molecule has 3 N–H and O–H groups in total. The molecule has 9 heteroatoms. The lowest BCUT2D eigenvalue weighted by Crippen LogP contribution is -2.28. The second-order valence-corrected chi connectivity index (χ2v) is 8.11. The van der Waals surface area contributed by atoms with Gasteiger partial charge in [-0.3, -0.25) is 4.79 Å². The largest absolute Gasteiger partial charge is 0.370 e. The predicted molar refractivity (Wildman–Crippen MR) is 102 cm³/mol. The molecule has 2 heterocycles. The number of nitrogens with two attached hydrogens (primary N) is 1. The molecule has 1 aromatic heterocycles. The lowest BCUT2D eigenvalue weighted by Gasteiger charge is -2.15. The van der Waals surface area contributed by atoms with Gasteiger partial charge in [-0.05, 0) is 43.9 Å². The van der Waals surface area contributed by atoms with E-state index in [4.69, 9.17) is 5.14 Å². The molecule has 144 valence electrons. The van der Waals surface area contributed by atoms with Crippen molar-refractivity contribution < 1.29 is 13.2 Å². The van der Waals surface area contributed by atoms with Crippen LogP contribution in [0.2, 0.25) is 0 Å². The highest BCUT2D eigenvalue weighted by Crippen LogP contribution is 2.15. The quantitative estimate of drug-likeness (QED) is 0.769. The van der Waals surface area contributed by atoms with Crippen molar-refractivity contribution in [1.29, 1.82) is 0 Å². The van der Waals surface area contributed by atoms with E-state index in [1.807, 2.05) is 4.90 Å². The number of sulfonamides is 1. The third kappa shape index (κ3) is 5.01. The summed E-state index contributed by atoms with van der Waals surface area (Å²) in [5.41, 5.74) is 1.37. The lowest BCUT2D eigenvalue weighted by molar-refractivity contribution is 0.0786. The number of primary sulfonamides is 1. The van der Waals surface area contributed by atoms with Crippen LogP contribution in [0.3, 0.4) is 0 Å². The Labute approximate surface area is 158 Å². The number of amides is 1. The Morgan fingerprint density at radius 1 is 1.19 bits per heavy atom. The fourth-order valence-electron chi connectivity index (χ4n) is 3.03. The summed E-state index contributed by atoms with van der Waals surface area (Å²) in [5, 5.41) is 8.30. The van der Waals surface area contributed by atoms with Gasteiger partial charge >= 0.3 is 0 Å². The van der Waals surface area contributed by atoms with Crippen molar-refractivity contribution in [3.8, 4) is 0 Å². The normalized spacial score (nSPS) is 14.4. The number of nitrogens with one attached hydrogen (secondary N) is 1. The van der Waals surface area contributed by atoms with Gasteiger partial charge in [-0.25, -0.2) is 23.5 Å². The Hall–Kier alpha value is -2.52. The van der Waals surface area contributed by atoms with Gasteiger partial charge in [-0.2, -0.15) is 0 Å². The molecule has 8 nitrogen and oxygen atoms in total. The van der Waals surface area contributed by atoms with E-state index in [1.165, 1.54) is 12.1 Å². The molecule has 1 saturated heterocycles. The van der Waals surface area contributed by atoms with E-state index in [9.17, 15) is 13.2 Å². The van der Waals surface area contributed by atoms with Crippen molar-refractivity contribution in [2.24, 2.45) is 5.14 Å². The molecule has 2 aromatic rings. The number of aromatic nitrogens is 2. The third-order valence-corrected chi connectivity index (χ3v) is 5.35. The maximum Gasteiger partial charge on any atom is 0.272 e. The molecule has 1 aromatic carbocycles. The first-order valence-electron chi connectivity index (χ1n) is 8.83. The van der Waals surface area contributed by atoms with Gasteiger partial charge in [0, 0.05) is 25.7 Å². The first-order valence-corrected chi connectivity index (χ1v) is 10.4. The summed E-state index contributed by atoms with van der Waals surface area (Å²) in [4.78, 5) is 23.0. The zero-order chi connectivity index (χ0) is 19.4. The first kappa shape index (κ1) is 19.2. The number of anilines is 1. The molecule has 0 spiro atoms. The Morgan fingerprint density at radius 3 is 2.48 bits per heavy atom. The molecule has 0 aliphatic carbocycles. The molecule has 1 aliphatic rings. The van der Waals surface area contributed by atoms with E-state index in [0.717, 1.165) is 31.5 Å². The molecule has 27 heavy (non-hydrogen) atoms. The van der Waals surface area contributed by atoms with Gasteiger partial charge in [0.1, 0.15) is 17.3 Å². The monoisotopic (exact) mass is 389 g/mol. The van der Waals surface area contributed by atoms with Crippen LogP contribution in [0, 0.1) is 6.92 Å². The van der Waals surface area contributed by atoms with E-state index < -0.39 is 10.0 Å². The number of likely N-dealkylation sites (tertiary alicyclic amines) is 1. The third-order valence-electron chi connectivity index (χ3n) is 4.42. The molecule has 1 fully saturated rings. The minimum atomic E-state index is -3.68. The van der Waals surface area contributed by atoms with Crippen LogP contribution in [0.1, 0.15) is 34.7 Å². The van der Waals surface area contributed by atoms with Crippen molar-refractivity contribution in [2.45, 2.75) is 31.1 Å². The van der Waals surface area contributed by atoms with Gasteiger partial charge < -0.3 is 10.2 Å². The van der Waals surface area contributed by atoms with Gasteiger partial charge in [-0.15, -0.1) is 0 Å². The average molecular weight is 389 g/mol. The second-order valence-electron chi connectivity index (χ2n) is 6.55.